The van der Waals surface area contributed by atoms with E-state index in [-0.39, 0.29) is 18.1 Å². The van der Waals surface area contributed by atoms with E-state index in [4.69, 9.17) is 20.9 Å². The Bertz CT molecular complexity index is 1340. The van der Waals surface area contributed by atoms with Crippen LogP contribution >= 0.6 is 11.6 Å². The number of nitrogens with one attached hydrogen (secondary N) is 1. The average molecular weight is 438 g/mol. The molecule has 2 heterocycles. The third kappa shape index (κ3) is 4.65. The summed E-state index contributed by atoms with van der Waals surface area (Å²) in [4.78, 5) is 41.1. The number of hydrogen-bond acceptors (Lipinski definition) is 6. The van der Waals surface area contributed by atoms with Crippen LogP contribution in [-0.4, -0.2) is 21.4 Å². The van der Waals surface area contributed by atoms with Crippen molar-refractivity contribution in [3.05, 3.63) is 98.6 Å². The highest BCUT2D eigenvalue weighted by Crippen LogP contribution is 2.15. The number of aryl methyl sites for hydroxylation is 1. The second kappa shape index (κ2) is 8.45. The zero-order valence-electron chi connectivity index (χ0n) is 16.3. The molecule has 1 N–H and O–H groups in total. The maximum absolute atomic E-state index is 12.4. The second-order valence-electron chi connectivity index (χ2n) is 6.70. The summed E-state index contributed by atoms with van der Waals surface area (Å²) in [6.45, 7) is 1.52. The van der Waals surface area contributed by atoms with Crippen molar-refractivity contribution >= 4 is 34.8 Å². The zero-order chi connectivity index (χ0) is 22.0. The molecule has 4 rings (SSSR count). The van der Waals surface area contributed by atoms with E-state index in [9.17, 15) is 14.4 Å². The molecule has 0 bridgehead atoms. The van der Waals surface area contributed by atoms with E-state index in [1.54, 1.807) is 55.5 Å². The Balaban J connectivity index is 1.44. The minimum absolute atomic E-state index is 0.184. The first-order valence-electron chi connectivity index (χ1n) is 9.23. The van der Waals surface area contributed by atoms with Crippen LogP contribution in [0.15, 0.2) is 70.0 Å². The third-order valence-corrected chi connectivity index (χ3v) is 4.59. The molecule has 156 valence electrons. The Morgan fingerprint density at radius 3 is 2.65 bits per heavy atom. The molecule has 9 heteroatoms. The monoisotopic (exact) mass is 437 g/mol. The lowest BCUT2D eigenvalue weighted by molar-refractivity contribution is 0.0467. The highest BCUT2D eigenvalue weighted by atomic mass is 35.5. The number of esters is 1. The third-order valence-electron chi connectivity index (χ3n) is 4.34. The van der Waals surface area contributed by atoms with Crippen molar-refractivity contribution in [3.8, 4) is 0 Å². The van der Waals surface area contributed by atoms with Gasteiger partial charge >= 0.3 is 5.97 Å². The lowest BCUT2D eigenvalue weighted by Crippen LogP contribution is -2.15. The van der Waals surface area contributed by atoms with Crippen LogP contribution in [0.3, 0.4) is 0 Å². The van der Waals surface area contributed by atoms with Crippen LogP contribution in [0.4, 0.5) is 5.69 Å². The molecule has 0 aliphatic rings. The summed E-state index contributed by atoms with van der Waals surface area (Å²) in [5.74, 6) is -0.417. The molecule has 0 aliphatic heterocycles. The number of fused-ring (bicyclic) bond motifs is 1. The molecule has 0 unspecified atom stereocenters. The molecule has 0 fully saturated rings. The fourth-order valence-corrected chi connectivity index (χ4v) is 3.02. The molecule has 8 nitrogen and oxygen atoms in total. The molecule has 1 amide bonds. The van der Waals surface area contributed by atoms with Crippen molar-refractivity contribution in [2.24, 2.45) is 0 Å². The minimum atomic E-state index is -0.618. The van der Waals surface area contributed by atoms with Crippen LogP contribution in [-0.2, 0) is 11.3 Å². The molecule has 0 radical (unpaired) electrons. The van der Waals surface area contributed by atoms with Gasteiger partial charge in [-0.25, -0.2) is 9.78 Å². The number of anilines is 1. The molecule has 0 saturated carbocycles. The van der Waals surface area contributed by atoms with Crippen molar-refractivity contribution in [1.82, 2.24) is 9.56 Å². The van der Waals surface area contributed by atoms with Crippen molar-refractivity contribution in [2.75, 3.05) is 5.32 Å². The Morgan fingerprint density at radius 2 is 1.87 bits per heavy atom. The highest BCUT2D eigenvalue weighted by Gasteiger charge is 2.13. The van der Waals surface area contributed by atoms with Gasteiger partial charge in [-0.2, -0.15) is 0 Å². The quantitative estimate of drug-likeness (QED) is 0.475. The largest absolute Gasteiger partial charge is 0.456 e. The van der Waals surface area contributed by atoms with Crippen molar-refractivity contribution in [1.29, 1.82) is 0 Å². The number of nitrogens with zero attached hydrogens (tertiary/aromatic N) is 2. The van der Waals surface area contributed by atoms with E-state index in [0.717, 1.165) is 4.57 Å². The van der Waals surface area contributed by atoms with Crippen LogP contribution in [0.1, 0.15) is 32.2 Å². The number of benzene rings is 2. The zero-order valence-corrected chi connectivity index (χ0v) is 17.1. The van der Waals surface area contributed by atoms with Gasteiger partial charge in [-0.05, 0) is 49.4 Å². The summed E-state index contributed by atoms with van der Waals surface area (Å²) in [7, 11) is 0. The van der Waals surface area contributed by atoms with Crippen LogP contribution in [0.25, 0.3) is 5.65 Å². The van der Waals surface area contributed by atoms with E-state index in [1.165, 1.54) is 12.1 Å². The standard InChI is InChI=1S/C22H16ClN3O5/c1-13-9-19-24-18(11-20(27)26(19)31-13)12-30-22(29)15-3-2-4-17(10-15)25-21(28)14-5-7-16(23)8-6-14/h2-11H,12H2,1H3,(H,25,28). The number of ether oxygens (including phenoxy) is 1. The van der Waals surface area contributed by atoms with Crippen LogP contribution in [0, 0.1) is 6.92 Å². The van der Waals surface area contributed by atoms with Gasteiger partial charge in [0.1, 0.15) is 12.4 Å². The van der Waals surface area contributed by atoms with Gasteiger partial charge in [0.2, 0.25) is 0 Å². The highest BCUT2D eigenvalue weighted by molar-refractivity contribution is 6.30. The van der Waals surface area contributed by atoms with Gasteiger partial charge in [0.15, 0.2) is 5.65 Å². The first-order chi connectivity index (χ1) is 14.9. The summed E-state index contributed by atoms with van der Waals surface area (Å²) < 4.78 is 11.6. The number of amides is 1. The lowest BCUT2D eigenvalue weighted by atomic mass is 10.1. The van der Waals surface area contributed by atoms with E-state index < -0.39 is 11.5 Å². The lowest BCUT2D eigenvalue weighted by Gasteiger charge is -2.08. The summed E-state index contributed by atoms with van der Waals surface area (Å²) in [5, 5.41) is 3.25. The Morgan fingerprint density at radius 1 is 1.10 bits per heavy atom. The van der Waals surface area contributed by atoms with Gasteiger partial charge in [0.05, 0.1) is 11.3 Å². The van der Waals surface area contributed by atoms with Crippen molar-refractivity contribution in [3.63, 3.8) is 0 Å². The van der Waals surface area contributed by atoms with Crippen molar-refractivity contribution in [2.45, 2.75) is 13.5 Å². The number of rotatable bonds is 5. The smallest absolute Gasteiger partial charge is 0.338 e. The molecule has 2 aromatic heterocycles. The van der Waals surface area contributed by atoms with Gasteiger partial charge < -0.3 is 14.6 Å². The molecule has 0 atom stereocenters. The average Bonchev–Trinajstić information content (AvgIpc) is 3.13. The van der Waals surface area contributed by atoms with Crippen LogP contribution in [0.5, 0.6) is 0 Å². The Kier molecular flexibility index (Phi) is 5.55. The number of carbonyl (C=O) groups is 2. The molecular weight excluding hydrogens is 422 g/mol. The first-order valence-corrected chi connectivity index (χ1v) is 9.60. The van der Waals surface area contributed by atoms with E-state index in [0.29, 0.717) is 33.4 Å². The molecule has 31 heavy (non-hydrogen) atoms. The van der Waals surface area contributed by atoms with E-state index in [1.807, 2.05) is 0 Å². The fourth-order valence-electron chi connectivity index (χ4n) is 2.90. The number of aromatic nitrogens is 2. The van der Waals surface area contributed by atoms with E-state index in [2.05, 4.69) is 10.3 Å². The van der Waals surface area contributed by atoms with Crippen molar-refractivity contribution < 1.29 is 18.8 Å². The summed E-state index contributed by atoms with van der Waals surface area (Å²) in [6.07, 6.45) is 0. The Labute approximate surface area is 181 Å². The SMILES string of the molecule is Cc1cc2nc(COC(=O)c3cccc(NC(=O)c4ccc(Cl)cc4)c3)cc(=O)n2o1. The molecule has 2 aromatic carbocycles. The minimum Gasteiger partial charge on any atom is -0.456 e. The molecule has 0 spiro atoms. The first kappa shape index (κ1) is 20.4. The van der Waals surface area contributed by atoms with Gasteiger partial charge in [-0.15, -0.1) is 4.57 Å². The predicted octanol–water partition coefficient (Wildman–Crippen LogP) is 3.86. The molecule has 0 aliphatic carbocycles. The fraction of sp³-hybridized carbons (Fsp3) is 0.0909. The van der Waals surface area contributed by atoms with Crippen LogP contribution < -0.4 is 10.9 Å². The number of halogens is 1. The van der Waals surface area contributed by atoms with Gasteiger partial charge in [0.25, 0.3) is 11.5 Å². The molecule has 4 aromatic rings. The second-order valence-corrected chi connectivity index (χ2v) is 7.14. The number of hydrogen-bond donors (Lipinski definition) is 1. The maximum atomic E-state index is 12.4. The maximum Gasteiger partial charge on any atom is 0.338 e. The molecular formula is C22H16ClN3O5. The normalized spacial score (nSPS) is 10.8. The summed E-state index contributed by atoms with van der Waals surface area (Å²) >= 11 is 5.83. The topological polar surface area (TPSA) is 103 Å². The van der Waals surface area contributed by atoms with Gasteiger partial charge in [-0.3, -0.25) is 9.59 Å². The van der Waals surface area contributed by atoms with Crippen LogP contribution in [0.2, 0.25) is 5.02 Å². The number of carbonyl (C=O) groups excluding carboxylic acids is 2. The molecule has 0 saturated heterocycles. The van der Waals surface area contributed by atoms with Gasteiger partial charge in [-0.1, -0.05) is 17.7 Å². The van der Waals surface area contributed by atoms with E-state index >= 15 is 0 Å². The Hall–Kier alpha value is -3.91. The predicted molar refractivity (Wildman–Crippen MR) is 113 cm³/mol. The van der Waals surface area contributed by atoms with Gasteiger partial charge in [0, 0.05) is 28.4 Å². The summed E-state index contributed by atoms with van der Waals surface area (Å²) in [5.41, 5.74) is 1.33. The summed E-state index contributed by atoms with van der Waals surface area (Å²) in [6, 6.07) is 15.6.